The molecule has 7 nitrogen and oxygen atoms in total. The van der Waals surface area contributed by atoms with Gasteiger partial charge in [0.2, 0.25) is 0 Å². The lowest BCUT2D eigenvalue weighted by Gasteiger charge is -2.13. The highest BCUT2D eigenvalue weighted by molar-refractivity contribution is 14.0. The van der Waals surface area contributed by atoms with Crippen molar-refractivity contribution in [1.82, 2.24) is 20.4 Å². The van der Waals surface area contributed by atoms with E-state index in [4.69, 9.17) is 4.74 Å². The number of nitrogens with one attached hydrogen (secondary N) is 2. The van der Waals surface area contributed by atoms with Crippen LogP contribution in [0.3, 0.4) is 0 Å². The van der Waals surface area contributed by atoms with Crippen molar-refractivity contribution in [3.8, 4) is 11.5 Å². The summed E-state index contributed by atoms with van der Waals surface area (Å²) >= 11 is 0. The summed E-state index contributed by atoms with van der Waals surface area (Å²) in [6.45, 7) is 6.45. The number of rotatable bonds is 8. The molecular weight excluding hydrogens is 457 g/mol. The summed E-state index contributed by atoms with van der Waals surface area (Å²) in [6, 6.07) is 7.44. The standard InChI is InChI=1S/C19H29N5O2.HI/c1-14-12-15(2)24(23-14)11-5-9-21-19(20-3)22-10-8-16-6-7-17(26-4)13-18(16)25;/h6-7,12-13,25H,5,8-11H2,1-4H3,(H2,20,21,22);1H. The van der Waals surface area contributed by atoms with Crippen molar-refractivity contribution >= 4 is 29.9 Å². The van der Waals surface area contributed by atoms with E-state index in [2.05, 4.69) is 33.7 Å². The number of aromatic nitrogens is 2. The van der Waals surface area contributed by atoms with Crippen LogP contribution < -0.4 is 15.4 Å². The number of aliphatic imine (C=N–C) groups is 1. The van der Waals surface area contributed by atoms with E-state index in [1.54, 1.807) is 20.2 Å². The number of halogens is 1. The van der Waals surface area contributed by atoms with Crippen molar-refractivity contribution in [2.75, 3.05) is 27.2 Å². The van der Waals surface area contributed by atoms with Gasteiger partial charge in [-0.15, -0.1) is 24.0 Å². The second-order valence-electron chi connectivity index (χ2n) is 6.17. The Morgan fingerprint density at radius 2 is 1.96 bits per heavy atom. The molecule has 3 N–H and O–H groups in total. The average molecular weight is 487 g/mol. The van der Waals surface area contributed by atoms with E-state index in [9.17, 15) is 5.11 Å². The van der Waals surface area contributed by atoms with Gasteiger partial charge in [-0.25, -0.2) is 0 Å². The summed E-state index contributed by atoms with van der Waals surface area (Å²) in [5.41, 5.74) is 3.11. The van der Waals surface area contributed by atoms with Gasteiger partial charge in [-0.2, -0.15) is 5.10 Å². The maximum absolute atomic E-state index is 9.99. The zero-order chi connectivity index (χ0) is 18.9. The smallest absolute Gasteiger partial charge is 0.190 e. The molecule has 0 aliphatic heterocycles. The fourth-order valence-electron chi connectivity index (χ4n) is 2.76. The Kier molecular flexibility index (Phi) is 9.98. The molecule has 0 unspecified atom stereocenters. The monoisotopic (exact) mass is 487 g/mol. The van der Waals surface area contributed by atoms with Gasteiger partial charge in [0.1, 0.15) is 11.5 Å². The molecule has 0 atom stereocenters. The minimum Gasteiger partial charge on any atom is -0.508 e. The Morgan fingerprint density at radius 3 is 2.56 bits per heavy atom. The summed E-state index contributed by atoms with van der Waals surface area (Å²) in [6.07, 6.45) is 1.66. The molecule has 1 aromatic carbocycles. The van der Waals surface area contributed by atoms with Gasteiger partial charge in [0.05, 0.1) is 12.8 Å². The molecule has 0 radical (unpaired) electrons. The third kappa shape index (κ3) is 7.28. The van der Waals surface area contributed by atoms with Crippen molar-refractivity contribution < 1.29 is 9.84 Å². The number of nitrogens with zero attached hydrogens (tertiary/aromatic N) is 3. The average Bonchev–Trinajstić information content (AvgIpc) is 2.95. The van der Waals surface area contributed by atoms with E-state index in [0.29, 0.717) is 18.7 Å². The van der Waals surface area contributed by atoms with Crippen molar-refractivity contribution in [3.63, 3.8) is 0 Å². The van der Waals surface area contributed by atoms with Crippen LogP contribution in [0.25, 0.3) is 0 Å². The van der Waals surface area contributed by atoms with Crippen LogP contribution in [0.15, 0.2) is 29.3 Å². The zero-order valence-electron chi connectivity index (χ0n) is 16.5. The lowest BCUT2D eigenvalue weighted by Crippen LogP contribution is -2.39. The second kappa shape index (κ2) is 11.7. The number of guanidine groups is 1. The molecule has 0 spiro atoms. The summed E-state index contributed by atoms with van der Waals surface area (Å²) in [7, 11) is 3.34. The number of phenols is 1. The largest absolute Gasteiger partial charge is 0.508 e. The molecule has 0 aliphatic rings. The van der Waals surface area contributed by atoms with Gasteiger partial charge in [-0.05, 0) is 44.4 Å². The van der Waals surface area contributed by atoms with Crippen LogP contribution >= 0.6 is 24.0 Å². The van der Waals surface area contributed by atoms with Gasteiger partial charge in [0, 0.05) is 38.4 Å². The third-order valence-electron chi connectivity index (χ3n) is 4.15. The molecule has 1 aromatic heterocycles. The summed E-state index contributed by atoms with van der Waals surface area (Å²) in [5, 5.41) is 21.0. The lowest BCUT2D eigenvalue weighted by molar-refractivity contribution is 0.406. The van der Waals surface area contributed by atoms with Crippen LogP contribution in [0.5, 0.6) is 11.5 Å². The quantitative estimate of drug-likeness (QED) is 0.231. The number of benzene rings is 1. The van der Waals surface area contributed by atoms with Crippen molar-refractivity contribution in [3.05, 3.63) is 41.2 Å². The SMILES string of the molecule is CN=C(NCCCn1nc(C)cc1C)NCCc1ccc(OC)cc1O.I. The summed E-state index contributed by atoms with van der Waals surface area (Å²) in [5.74, 6) is 1.66. The Morgan fingerprint density at radius 1 is 1.22 bits per heavy atom. The third-order valence-corrected chi connectivity index (χ3v) is 4.15. The lowest BCUT2D eigenvalue weighted by atomic mass is 10.1. The molecule has 2 rings (SSSR count). The minimum absolute atomic E-state index is 0. The van der Waals surface area contributed by atoms with Crippen LogP contribution in [-0.4, -0.2) is 48.1 Å². The molecule has 1 heterocycles. The maximum atomic E-state index is 9.99. The van der Waals surface area contributed by atoms with Crippen LogP contribution in [0.1, 0.15) is 23.4 Å². The van der Waals surface area contributed by atoms with E-state index >= 15 is 0 Å². The maximum Gasteiger partial charge on any atom is 0.190 e. The molecule has 0 saturated carbocycles. The van der Waals surface area contributed by atoms with Crippen LogP contribution in [0.4, 0.5) is 0 Å². The Balaban J connectivity index is 0.00000364. The first-order valence-corrected chi connectivity index (χ1v) is 8.85. The zero-order valence-corrected chi connectivity index (χ0v) is 18.8. The number of aromatic hydroxyl groups is 1. The number of methoxy groups -OCH3 is 1. The first kappa shape index (κ1) is 23.1. The minimum atomic E-state index is 0. The Labute approximate surface area is 178 Å². The van der Waals surface area contributed by atoms with Gasteiger partial charge in [-0.3, -0.25) is 9.67 Å². The molecule has 0 aliphatic carbocycles. The van der Waals surface area contributed by atoms with Crippen molar-refractivity contribution in [1.29, 1.82) is 0 Å². The van der Waals surface area contributed by atoms with Crippen LogP contribution in [0.2, 0.25) is 0 Å². The fraction of sp³-hybridized carbons (Fsp3) is 0.474. The van der Waals surface area contributed by atoms with E-state index in [-0.39, 0.29) is 29.7 Å². The summed E-state index contributed by atoms with van der Waals surface area (Å²) in [4.78, 5) is 4.22. The van der Waals surface area contributed by atoms with Gasteiger partial charge >= 0.3 is 0 Å². The molecule has 0 bridgehead atoms. The molecular formula is C19H30IN5O2. The highest BCUT2D eigenvalue weighted by atomic mass is 127. The highest BCUT2D eigenvalue weighted by Gasteiger charge is 2.04. The van der Waals surface area contributed by atoms with Crippen LogP contribution in [0, 0.1) is 13.8 Å². The first-order chi connectivity index (χ1) is 12.5. The van der Waals surface area contributed by atoms with Gasteiger partial charge in [0.25, 0.3) is 0 Å². The first-order valence-electron chi connectivity index (χ1n) is 8.85. The Bertz CT molecular complexity index is 746. The number of phenolic OH excluding ortho intramolecular Hbond substituents is 1. The molecule has 8 heteroatoms. The van der Waals surface area contributed by atoms with Crippen molar-refractivity contribution in [2.45, 2.75) is 33.2 Å². The molecule has 0 amide bonds. The molecule has 0 fully saturated rings. The number of hydrogen-bond acceptors (Lipinski definition) is 4. The highest BCUT2D eigenvalue weighted by Crippen LogP contribution is 2.23. The second-order valence-corrected chi connectivity index (χ2v) is 6.17. The van der Waals surface area contributed by atoms with Crippen LogP contribution in [-0.2, 0) is 13.0 Å². The van der Waals surface area contributed by atoms with E-state index in [1.165, 1.54) is 5.69 Å². The predicted octanol–water partition coefficient (Wildman–Crippen LogP) is 2.63. The number of hydrogen-bond donors (Lipinski definition) is 3. The normalized spacial score (nSPS) is 11.0. The van der Waals surface area contributed by atoms with E-state index in [0.717, 1.165) is 36.7 Å². The number of ether oxygens (including phenoxy) is 1. The van der Waals surface area contributed by atoms with Gasteiger partial charge < -0.3 is 20.5 Å². The van der Waals surface area contributed by atoms with Gasteiger partial charge in [-0.1, -0.05) is 6.07 Å². The van der Waals surface area contributed by atoms with Crippen molar-refractivity contribution in [2.24, 2.45) is 4.99 Å². The Hall–Kier alpha value is -1.97. The molecule has 150 valence electrons. The molecule has 27 heavy (non-hydrogen) atoms. The van der Waals surface area contributed by atoms with Gasteiger partial charge in [0.15, 0.2) is 5.96 Å². The predicted molar refractivity (Wildman–Crippen MR) is 119 cm³/mol. The fourth-order valence-corrected chi connectivity index (χ4v) is 2.76. The number of aryl methyl sites for hydroxylation is 3. The van der Waals surface area contributed by atoms with E-state index < -0.39 is 0 Å². The van der Waals surface area contributed by atoms with E-state index in [1.807, 2.05) is 23.7 Å². The molecule has 0 saturated heterocycles. The molecule has 2 aromatic rings. The topological polar surface area (TPSA) is 83.7 Å². The summed E-state index contributed by atoms with van der Waals surface area (Å²) < 4.78 is 7.12.